The molecule has 4 heteroatoms. The van der Waals surface area contributed by atoms with Gasteiger partial charge in [-0.3, -0.25) is 4.79 Å². The monoisotopic (exact) mass is 252 g/mol. The largest absolute Gasteiger partial charge is 0.385 e. The molecule has 0 N–H and O–H groups in total. The van der Waals surface area contributed by atoms with E-state index in [1.54, 1.807) is 19.2 Å². The van der Waals surface area contributed by atoms with Crippen LogP contribution in [0.2, 0.25) is 0 Å². The van der Waals surface area contributed by atoms with Crippen LogP contribution in [0, 0.1) is 0 Å². The molecule has 0 saturated carbocycles. The van der Waals surface area contributed by atoms with Crippen LogP contribution in [0.3, 0.4) is 0 Å². The molecule has 4 nitrogen and oxygen atoms in total. The second-order valence-electron chi connectivity index (χ2n) is 3.80. The van der Waals surface area contributed by atoms with Gasteiger partial charge in [-0.05, 0) is 6.42 Å². The standard InChI is InChI=1S/C14H20O4/c1-16-8-5-9-17-10-11-18-12-14(15)13-6-3-2-4-7-13/h2-4,6-7H,5,8-12H2,1H3. The first-order valence-corrected chi connectivity index (χ1v) is 6.07. The number of carbonyl (C=O) groups is 1. The van der Waals surface area contributed by atoms with Gasteiger partial charge in [0.25, 0.3) is 0 Å². The van der Waals surface area contributed by atoms with Gasteiger partial charge < -0.3 is 14.2 Å². The third-order valence-corrected chi connectivity index (χ3v) is 2.34. The number of rotatable bonds is 10. The molecule has 0 saturated heterocycles. The third kappa shape index (κ3) is 6.49. The predicted molar refractivity (Wildman–Crippen MR) is 68.9 cm³/mol. The summed E-state index contributed by atoms with van der Waals surface area (Å²) >= 11 is 0. The van der Waals surface area contributed by atoms with E-state index in [-0.39, 0.29) is 12.4 Å². The van der Waals surface area contributed by atoms with Gasteiger partial charge in [-0.1, -0.05) is 30.3 Å². The molecule has 0 radical (unpaired) electrons. The Hall–Kier alpha value is -1.23. The van der Waals surface area contributed by atoms with Crippen LogP contribution in [-0.2, 0) is 14.2 Å². The molecule has 0 aliphatic carbocycles. The lowest BCUT2D eigenvalue weighted by atomic mass is 10.1. The van der Waals surface area contributed by atoms with Gasteiger partial charge in [0.2, 0.25) is 0 Å². The van der Waals surface area contributed by atoms with Gasteiger partial charge in [0.05, 0.1) is 13.2 Å². The molecular weight excluding hydrogens is 232 g/mol. The molecule has 0 aliphatic rings. The first kappa shape index (κ1) is 14.8. The van der Waals surface area contributed by atoms with Gasteiger partial charge >= 0.3 is 0 Å². The molecule has 0 atom stereocenters. The Morgan fingerprint density at radius 2 is 1.72 bits per heavy atom. The Labute approximate surface area is 108 Å². The van der Waals surface area contributed by atoms with Gasteiger partial charge in [-0.2, -0.15) is 0 Å². The average Bonchev–Trinajstić information content (AvgIpc) is 2.42. The molecule has 0 fully saturated rings. The maximum Gasteiger partial charge on any atom is 0.188 e. The molecule has 100 valence electrons. The Kier molecular flexibility index (Phi) is 8.04. The molecule has 18 heavy (non-hydrogen) atoms. The number of Topliss-reactive ketones (excluding diaryl/α,β-unsaturated/α-hetero) is 1. The van der Waals surface area contributed by atoms with Gasteiger partial charge in [0.15, 0.2) is 5.78 Å². The van der Waals surface area contributed by atoms with Crippen molar-refractivity contribution >= 4 is 5.78 Å². The molecule has 0 amide bonds. The van der Waals surface area contributed by atoms with E-state index in [1.807, 2.05) is 18.2 Å². The fourth-order valence-electron chi connectivity index (χ4n) is 1.40. The molecule has 0 aromatic heterocycles. The zero-order valence-corrected chi connectivity index (χ0v) is 10.8. The van der Waals surface area contributed by atoms with Crippen LogP contribution >= 0.6 is 0 Å². The molecule has 1 aromatic carbocycles. The van der Waals surface area contributed by atoms with Crippen LogP contribution in [0.15, 0.2) is 30.3 Å². The van der Waals surface area contributed by atoms with E-state index in [9.17, 15) is 4.79 Å². The summed E-state index contributed by atoms with van der Waals surface area (Å²) in [7, 11) is 1.66. The van der Waals surface area contributed by atoms with Crippen LogP contribution < -0.4 is 0 Å². The summed E-state index contributed by atoms with van der Waals surface area (Å²) in [4.78, 5) is 11.6. The quantitative estimate of drug-likeness (QED) is 0.471. The normalized spacial score (nSPS) is 10.5. The first-order valence-electron chi connectivity index (χ1n) is 6.07. The molecule has 1 rings (SSSR count). The lowest BCUT2D eigenvalue weighted by molar-refractivity contribution is 0.0382. The highest BCUT2D eigenvalue weighted by Gasteiger charge is 2.04. The zero-order chi connectivity index (χ0) is 13.1. The van der Waals surface area contributed by atoms with Crippen molar-refractivity contribution in [1.29, 1.82) is 0 Å². The number of benzene rings is 1. The second kappa shape index (κ2) is 9.76. The molecule has 0 heterocycles. The Balaban J connectivity index is 2.00. The van der Waals surface area contributed by atoms with E-state index < -0.39 is 0 Å². The predicted octanol–water partition coefficient (Wildman–Crippen LogP) is 1.94. The summed E-state index contributed by atoms with van der Waals surface area (Å²) in [6, 6.07) is 9.13. The SMILES string of the molecule is COCCCOCCOCC(=O)c1ccccc1. The Morgan fingerprint density at radius 3 is 2.44 bits per heavy atom. The van der Waals surface area contributed by atoms with Crippen LogP contribution in [0.5, 0.6) is 0 Å². The number of ether oxygens (including phenoxy) is 3. The van der Waals surface area contributed by atoms with Crippen molar-refractivity contribution in [1.82, 2.24) is 0 Å². The van der Waals surface area contributed by atoms with Crippen LogP contribution in [0.4, 0.5) is 0 Å². The van der Waals surface area contributed by atoms with Crippen molar-refractivity contribution in [2.45, 2.75) is 6.42 Å². The topological polar surface area (TPSA) is 44.8 Å². The molecular formula is C14H20O4. The van der Waals surface area contributed by atoms with E-state index in [0.717, 1.165) is 6.42 Å². The van der Waals surface area contributed by atoms with Crippen molar-refractivity contribution in [3.8, 4) is 0 Å². The number of carbonyl (C=O) groups excluding carboxylic acids is 1. The van der Waals surface area contributed by atoms with Crippen LogP contribution in [-0.4, -0.2) is 45.9 Å². The molecule has 0 spiro atoms. The summed E-state index contributed by atoms with van der Waals surface area (Å²) in [5, 5.41) is 0. The van der Waals surface area contributed by atoms with Crippen molar-refractivity contribution in [3.05, 3.63) is 35.9 Å². The number of ketones is 1. The van der Waals surface area contributed by atoms with Crippen molar-refractivity contribution < 1.29 is 19.0 Å². The lowest BCUT2D eigenvalue weighted by Crippen LogP contribution is -2.13. The van der Waals surface area contributed by atoms with Crippen LogP contribution in [0.25, 0.3) is 0 Å². The highest BCUT2D eigenvalue weighted by Crippen LogP contribution is 2.00. The first-order chi connectivity index (χ1) is 8.84. The van der Waals surface area contributed by atoms with Gasteiger partial charge in [0, 0.05) is 25.9 Å². The Morgan fingerprint density at radius 1 is 1.00 bits per heavy atom. The summed E-state index contributed by atoms with van der Waals surface area (Å²) < 4.78 is 15.5. The van der Waals surface area contributed by atoms with Crippen molar-refractivity contribution in [3.63, 3.8) is 0 Å². The van der Waals surface area contributed by atoms with Crippen molar-refractivity contribution in [2.75, 3.05) is 40.1 Å². The number of hydrogen-bond donors (Lipinski definition) is 0. The van der Waals surface area contributed by atoms with E-state index >= 15 is 0 Å². The number of hydrogen-bond acceptors (Lipinski definition) is 4. The highest BCUT2D eigenvalue weighted by atomic mass is 16.5. The fraction of sp³-hybridized carbons (Fsp3) is 0.500. The maximum absolute atomic E-state index is 11.6. The zero-order valence-electron chi connectivity index (χ0n) is 10.8. The fourth-order valence-corrected chi connectivity index (χ4v) is 1.40. The Bertz CT molecular complexity index is 324. The minimum absolute atomic E-state index is 0.00465. The second-order valence-corrected chi connectivity index (χ2v) is 3.80. The van der Waals surface area contributed by atoms with Crippen LogP contribution in [0.1, 0.15) is 16.8 Å². The van der Waals surface area contributed by atoms with Gasteiger partial charge in [0.1, 0.15) is 6.61 Å². The summed E-state index contributed by atoms with van der Waals surface area (Å²) in [5.41, 5.74) is 0.679. The summed E-state index contributed by atoms with van der Waals surface area (Å²) in [6.07, 6.45) is 0.874. The van der Waals surface area contributed by atoms with E-state index in [4.69, 9.17) is 14.2 Å². The van der Waals surface area contributed by atoms with Gasteiger partial charge in [-0.25, -0.2) is 0 Å². The van der Waals surface area contributed by atoms with E-state index in [0.29, 0.717) is 32.0 Å². The minimum Gasteiger partial charge on any atom is -0.385 e. The lowest BCUT2D eigenvalue weighted by Gasteiger charge is -2.05. The van der Waals surface area contributed by atoms with Crippen molar-refractivity contribution in [2.24, 2.45) is 0 Å². The van der Waals surface area contributed by atoms with E-state index in [1.165, 1.54) is 0 Å². The molecule has 0 unspecified atom stereocenters. The maximum atomic E-state index is 11.6. The molecule has 0 bridgehead atoms. The third-order valence-electron chi connectivity index (χ3n) is 2.34. The van der Waals surface area contributed by atoms with E-state index in [2.05, 4.69) is 0 Å². The summed E-state index contributed by atoms with van der Waals surface area (Å²) in [6.45, 7) is 2.40. The molecule has 1 aromatic rings. The number of methoxy groups -OCH3 is 1. The highest BCUT2D eigenvalue weighted by molar-refractivity contribution is 5.96. The average molecular weight is 252 g/mol. The smallest absolute Gasteiger partial charge is 0.188 e. The summed E-state index contributed by atoms with van der Waals surface area (Å²) in [5.74, 6) is -0.00465. The minimum atomic E-state index is -0.00465. The molecule has 0 aliphatic heterocycles. The van der Waals surface area contributed by atoms with Gasteiger partial charge in [-0.15, -0.1) is 0 Å².